The lowest BCUT2D eigenvalue weighted by atomic mass is 10.2. The van der Waals surface area contributed by atoms with Crippen LogP contribution in [0.15, 0.2) is 34.2 Å². The van der Waals surface area contributed by atoms with Gasteiger partial charge in [0.1, 0.15) is 10.6 Å². The molecule has 32 heavy (non-hydrogen) atoms. The Morgan fingerprint density at radius 1 is 1.31 bits per heavy atom. The summed E-state index contributed by atoms with van der Waals surface area (Å²) in [7, 11) is 1.62. The smallest absolute Gasteiger partial charge is 0.263 e. The number of carbonyl (C=O) groups excluding carboxylic acids is 1. The van der Waals surface area contributed by atoms with Crippen LogP contribution in [-0.4, -0.2) is 27.8 Å². The maximum Gasteiger partial charge on any atom is 0.263 e. The molecule has 1 unspecified atom stereocenters. The van der Waals surface area contributed by atoms with Crippen molar-refractivity contribution in [3.63, 3.8) is 0 Å². The number of aromatic nitrogens is 2. The van der Waals surface area contributed by atoms with Crippen LogP contribution in [0.4, 0.5) is 0 Å². The fourth-order valence-corrected chi connectivity index (χ4v) is 6.32. The summed E-state index contributed by atoms with van der Waals surface area (Å²) >= 11 is 2.92. The molecular formula is C24H29N3O3S2. The predicted molar refractivity (Wildman–Crippen MR) is 131 cm³/mol. The summed E-state index contributed by atoms with van der Waals surface area (Å²) in [6.07, 6.45) is 4.21. The minimum atomic E-state index is -0.385. The molecule has 3 aromatic rings. The van der Waals surface area contributed by atoms with E-state index in [9.17, 15) is 9.59 Å². The van der Waals surface area contributed by atoms with Crippen LogP contribution in [0.2, 0.25) is 0 Å². The second-order valence-electron chi connectivity index (χ2n) is 8.26. The average Bonchev–Trinajstić information content (AvgIpc) is 3.40. The van der Waals surface area contributed by atoms with Gasteiger partial charge in [0.15, 0.2) is 5.16 Å². The fraction of sp³-hybridized carbons (Fsp3) is 0.458. The largest absolute Gasteiger partial charge is 0.496 e. The van der Waals surface area contributed by atoms with Crippen LogP contribution in [0.3, 0.4) is 0 Å². The van der Waals surface area contributed by atoms with E-state index in [0.29, 0.717) is 11.7 Å². The molecule has 1 fully saturated rings. The van der Waals surface area contributed by atoms with E-state index in [1.165, 1.54) is 11.8 Å². The second-order valence-corrected chi connectivity index (χ2v) is 10.8. The van der Waals surface area contributed by atoms with Gasteiger partial charge in [-0.3, -0.25) is 14.2 Å². The average molecular weight is 472 g/mol. The Hall–Kier alpha value is -2.32. The van der Waals surface area contributed by atoms with Gasteiger partial charge >= 0.3 is 0 Å². The first kappa shape index (κ1) is 22.9. The minimum Gasteiger partial charge on any atom is -0.496 e. The monoisotopic (exact) mass is 471 g/mol. The molecule has 0 bridgehead atoms. The van der Waals surface area contributed by atoms with Crippen LogP contribution in [0.1, 0.15) is 54.7 Å². The lowest BCUT2D eigenvalue weighted by molar-refractivity contribution is -0.120. The summed E-state index contributed by atoms with van der Waals surface area (Å²) in [5.41, 5.74) is 1.98. The lowest BCUT2D eigenvalue weighted by Gasteiger charge is -2.20. The van der Waals surface area contributed by atoms with Gasteiger partial charge in [0.25, 0.3) is 5.56 Å². The third-order valence-electron chi connectivity index (χ3n) is 6.19. The number of nitrogens with one attached hydrogen (secondary N) is 1. The van der Waals surface area contributed by atoms with Crippen LogP contribution in [0.25, 0.3) is 10.2 Å². The Kier molecular flexibility index (Phi) is 6.90. The van der Waals surface area contributed by atoms with Crippen molar-refractivity contribution in [2.75, 3.05) is 7.11 Å². The molecule has 1 aliphatic rings. The summed E-state index contributed by atoms with van der Waals surface area (Å²) in [4.78, 5) is 33.1. The van der Waals surface area contributed by atoms with Crippen molar-refractivity contribution in [1.29, 1.82) is 0 Å². The first-order chi connectivity index (χ1) is 15.4. The summed E-state index contributed by atoms with van der Waals surface area (Å²) in [6, 6.07) is 7.80. The number of thiophene rings is 1. The number of para-hydroxylation sites is 1. The SMILES string of the molecule is COc1ccccc1CNC(=O)C(C)Sc1nc2sc(C)c(C)c2c(=O)n1C1CCCC1. The zero-order valence-electron chi connectivity index (χ0n) is 18.9. The van der Waals surface area contributed by atoms with Crippen LogP contribution in [0, 0.1) is 13.8 Å². The Balaban J connectivity index is 1.59. The Labute approximate surface area is 196 Å². The fourth-order valence-electron chi connectivity index (χ4n) is 4.24. The molecule has 4 rings (SSSR count). The number of thioether (sulfide) groups is 1. The molecule has 1 aliphatic carbocycles. The number of rotatable bonds is 7. The molecule has 2 aromatic heterocycles. The number of aryl methyl sites for hydroxylation is 2. The van der Waals surface area contributed by atoms with Gasteiger partial charge in [-0.25, -0.2) is 4.98 Å². The number of hydrogen-bond donors (Lipinski definition) is 1. The molecule has 1 saturated carbocycles. The predicted octanol–water partition coefficient (Wildman–Crippen LogP) is 5.00. The molecular weight excluding hydrogens is 442 g/mol. The molecule has 1 amide bonds. The van der Waals surface area contributed by atoms with E-state index in [2.05, 4.69) is 5.32 Å². The van der Waals surface area contributed by atoms with Gasteiger partial charge in [-0.2, -0.15) is 0 Å². The van der Waals surface area contributed by atoms with E-state index < -0.39 is 0 Å². The van der Waals surface area contributed by atoms with Gasteiger partial charge in [-0.1, -0.05) is 42.8 Å². The van der Waals surface area contributed by atoms with Crippen LogP contribution >= 0.6 is 23.1 Å². The summed E-state index contributed by atoms with van der Waals surface area (Å²) in [6.45, 7) is 6.28. The highest BCUT2D eigenvalue weighted by atomic mass is 32.2. The topological polar surface area (TPSA) is 73.2 Å². The van der Waals surface area contributed by atoms with Crippen molar-refractivity contribution in [2.24, 2.45) is 0 Å². The quantitative estimate of drug-likeness (QED) is 0.388. The third kappa shape index (κ3) is 4.43. The van der Waals surface area contributed by atoms with Crippen LogP contribution in [0.5, 0.6) is 5.75 Å². The van der Waals surface area contributed by atoms with Crippen molar-refractivity contribution in [1.82, 2.24) is 14.9 Å². The first-order valence-corrected chi connectivity index (χ1v) is 12.7. The van der Waals surface area contributed by atoms with Gasteiger partial charge in [0.05, 0.1) is 17.7 Å². The molecule has 2 heterocycles. The van der Waals surface area contributed by atoms with E-state index in [1.807, 2.05) is 49.6 Å². The highest BCUT2D eigenvalue weighted by molar-refractivity contribution is 8.00. The van der Waals surface area contributed by atoms with E-state index in [-0.39, 0.29) is 22.8 Å². The summed E-state index contributed by atoms with van der Waals surface area (Å²) < 4.78 is 7.23. The molecule has 170 valence electrons. The number of amides is 1. The number of carbonyl (C=O) groups is 1. The zero-order valence-corrected chi connectivity index (χ0v) is 20.6. The van der Waals surface area contributed by atoms with Gasteiger partial charge in [0, 0.05) is 23.0 Å². The number of fused-ring (bicyclic) bond motifs is 1. The molecule has 1 aromatic carbocycles. The molecule has 1 atom stereocenters. The number of hydrogen-bond acceptors (Lipinski definition) is 6. The standard InChI is InChI=1S/C24H29N3O3S2/c1-14-15(2)31-22-20(14)23(29)27(18-10-6-7-11-18)24(26-22)32-16(3)21(28)25-13-17-9-5-8-12-19(17)30-4/h5,8-9,12,16,18H,6-7,10-11,13H2,1-4H3,(H,25,28). The normalized spacial score (nSPS) is 15.2. The lowest BCUT2D eigenvalue weighted by Crippen LogP contribution is -2.32. The molecule has 1 N–H and O–H groups in total. The first-order valence-electron chi connectivity index (χ1n) is 11.0. The van der Waals surface area contributed by atoms with Crippen molar-refractivity contribution in [3.05, 3.63) is 50.6 Å². The molecule has 0 saturated heterocycles. The van der Waals surface area contributed by atoms with Crippen LogP contribution < -0.4 is 15.6 Å². The van der Waals surface area contributed by atoms with Crippen LogP contribution in [-0.2, 0) is 11.3 Å². The highest BCUT2D eigenvalue weighted by Crippen LogP contribution is 2.35. The summed E-state index contributed by atoms with van der Waals surface area (Å²) in [5.74, 6) is 0.658. The van der Waals surface area contributed by atoms with Crippen molar-refractivity contribution >= 4 is 39.2 Å². The van der Waals surface area contributed by atoms with Gasteiger partial charge in [0.2, 0.25) is 5.91 Å². The number of nitrogens with zero attached hydrogens (tertiary/aromatic N) is 2. The molecule has 0 spiro atoms. The van der Waals surface area contributed by atoms with Crippen molar-refractivity contribution < 1.29 is 9.53 Å². The van der Waals surface area contributed by atoms with Gasteiger partial charge < -0.3 is 10.1 Å². The Bertz CT molecular complexity index is 1200. The number of ether oxygens (including phenoxy) is 1. The third-order valence-corrected chi connectivity index (χ3v) is 8.36. The number of benzene rings is 1. The zero-order chi connectivity index (χ0) is 22.8. The van der Waals surface area contributed by atoms with E-state index >= 15 is 0 Å². The maximum absolute atomic E-state index is 13.5. The molecule has 6 nitrogen and oxygen atoms in total. The summed E-state index contributed by atoms with van der Waals surface area (Å²) in [5, 5.41) is 3.99. The van der Waals surface area contributed by atoms with E-state index in [4.69, 9.17) is 9.72 Å². The van der Waals surface area contributed by atoms with E-state index in [1.54, 1.807) is 18.4 Å². The number of methoxy groups -OCH3 is 1. The highest BCUT2D eigenvalue weighted by Gasteiger charge is 2.27. The minimum absolute atomic E-state index is 0.0351. The van der Waals surface area contributed by atoms with Crippen molar-refractivity contribution in [3.8, 4) is 5.75 Å². The van der Waals surface area contributed by atoms with Gasteiger partial charge in [-0.05, 0) is 45.2 Å². The Morgan fingerprint density at radius 2 is 2.03 bits per heavy atom. The Morgan fingerprint density at radius 3 is 2.75 bits per heavy atom. The molecule has 0 radical (unpaired) electrons. The molecule has 8 heteroatoms. The van der Waals surface area contributed by atoms with E-state index in [0.717, 1.165) is 57.7 Å². The maximum atomic E-state index is 13.5. The van der Waals surface area contributed by atoms with Gasteiger partial charge in [-0.15, -0.1) is 11.3 Å². The van der Waals surface area contributed by atoms with Crippen molar-refractivity contribution in [2.45, 2.75) is 69.4 Å². The second kappa shape index (κ2) is 9.67. The molecule has 0 aliphatic heterocycles.